The normalized spacial score (nSPS) is 27.1. The molecule has 0 aromatic carbocycles. The third-order valence-corrected chi connectivity index (χ3v) is 5.00. The molecule has 0 saturated heterocycles. The Bertz CT molecular complexity index is 255. The van der Waals surface area contributed by atoms with E-state index in [1.807, 2.05) is 6.92 Å². The van der Waals surface area contributed by atoms with Gasteiger partial charge in [0.05, 0.1) is 18.8 Å². The third-order valence-electron chi connectivity index (χ3n) is 3.70. The maximum atomic E-state index is 11.2. The summed E-state index contributed by atoms with van der Waals surface area (Å²) in [6, 6.07) is 0. The van der Waals surface area contributed by atoms with Crippen LogP contribution in [0.1, 0.15) is 39.5 Å². The average Bonchev–Trinajstić information content (AvgIpc) is 2.42. The lowest BCUT2D eigenvalue weighted by Crippen LogP contribution is -2.34. The van der Waals surface area contributed by atoms with Crippen LogP contribution in [0.2, 0.25) is 0 Å². The first-order valence-corrected chi connectivity index (χ1v) is 8.96. The molecule has 1 aliphatic carbocycles. The molecule has 0 radical (unpaired) electrons. The van der Waals surface area contributed by atoms with Crippen LogP contribution in [0.4, 0.5) is 0 Å². The van der Waals surface area contributed by atoms with Crippen LogP contribution in [0.15, 0.2) is 0 Å². The van der Waals surface area contributed by atoms with E-state index in [0.29, 0.717) is 37.3 Å². The molecule has 1 aliphatic rings. The molecule has 2 N–H and O–H groups in total. The average molecular weight is 291 g/mol. The molecule has 0 aliphatic heterocycles. The van der Waals surface area contributed by atoms with Gasteiger partial charge in [-0.1, -0.05) is 13.8 Å². The van der Waals surface area contributed by atoms with Gasteiger partial charge < -0.3 is 15.2 Å². The summed E-state index contributed by atoms with van der Waals surface area (Å²) < 4.78 is 16.9. The van der Waals surface area contributed by atoms with Crippen molar-refractivity contribution in [2.24, 2.45) is 5.92 Å². The molecule has 19 heavy (non-hydrogen) atoms. The van der Waals surface area contributed by atoms with Crippen LogP contribution >= 0.6 is 0 Å². The highest BCUT2D eigenvalue weighted by atomic mass is 32.2. The smallest absolute Gasteiger partial charge is 0.0897 e. The molecule has 5 heteroatoms. The van der Waals surface area contributed by atoms with Crippen LogP contribution in [0.3, 0.4) is 0 Å². The van der Waals surface area contributed by atoms with E-state index in [4.69, 9.17) is 4.74 Å². The fraction of sp³-hybridized carbons (Fsp3) is 1.00. The molecule has 0 bridgehead atoms. The summed E-state index contributed by atoms with van der Waals surface area (Å²) in [6.45, 7) is 5.82. The first-order chi connectivity index (χ1) is 9.11. The van der Waals surface area contributed by atoms with E-state index >= 15 is 0 Å². The highest BCUT2D eigenvalue weighted by Gasteiger charge is 2.19. The number of ether oxygens (including phenoxy) is 1. The van der Waals surface area contributed by atoms with Gasteiger partial charge in [0.1, 0.15) is 0 Å². The maximum absolute atomic E-state index is 11.2. The van der Waals surface area contributed by atoms with E-state index < -0.39 is 16.9 Å². The fourth-order valence-corrected chi connectivity index (χ4v) is 2.96. The lowest BCUT2D eigenvalue weighted by Gasteiger charge is -2.27. The van der Waals surface area contributed by atoms with Crippen molar-refractivity contribution >= 4 is 10.8 Å². The van der Waals surface area contributed by atoms with E-state index in [1.54, 1.807) is 0 Å². The predicted octanol–water partition coefficient (Wildman–Crippen LogP) is 1.30. The van der Waals surface area contributed by atoms with E-state index in [0.717, 1.165) is 18.8 Å². The molecule has 2 atom stereocenters. The predicted molar refractivity (Wildman–Crippen MR) is 79.8 cm³/mol. The highest BCUT2D eigenvalue weighted by Crippen LogP contribution is 2.25. The molecule has 0 aromatic rings. The number of aliphatic hydroxyl groups is 1. The third kappa shape index (κ3) is 8.02. The molecular weight excluding hydrogens is 262 g/mol. The summed E-state index contributed by atoms with van der Waals surface area (Å²) in [5, 5.41) is 12.9. The van der Waals surface area contributed by atoms with Gasteiger partial charge in [-0.05, 0) is 31.6 Å². The topological polar surface area (TPSA) is 58.6 Å². The van der Waals surface area contributed by atoms with E-state index in [-0.39, 0.29) is 0 Å². The lowest BCUT2D eigenvalue weighted by molar-refractivity contribution is -0.0276. The zero-order chi connectivity index (χ0) is 14.1. The van der Waals surface area contributed by atoms with Crippen molar-refractivity contribution < 1.29 is 14.1 Å². The Hall–Kier alpha value is 0.0300. The zero-order valence-corrected chi connectivity index (χ0v) is 13.1. The van der Waals surface area contributed by atoms with E-state index in [1.165, 1.54) is 12.8 Å². The van der Waals surface area contributed by atoms with Crippen LogP contribution < -0.4 is 5.32 Å². The molecular formula is C14H29NO3S. The van der Waals surface area contributed by atoms with Crippen molar-refractivity contribution in [2.45, 2.75) is 51.7 Å². The summed E-state index contributed by atoms with van der Waals surface area (Å²) in [7, 11) is -0.728. The number of aliphatic hydroxyl groups excluding tert-OH is 1. The summed E-state index contributed by atoms with van der Waals surface area (Å²) in [6.07, 6.45) is 4.59. The lowest BCUT2D eigenvalue weighted by atomic mass is 9.89. The molecule has 1 saturated carbocycles. The second-order valence-corrected chi connectivity index (χ2v) is 7.37. The second-order valence-electron chi connectivity index (χ2n) is 5.51. The van der Waals surface area contributed by atoms with Crippen LogP contribution in [-0.2, 0) is 15.5 Å². The first kappa shape index (κ1) is 17.1. The molecule has 4 nitrogen and oxygen atoms in total. The monoisotopic (exact) mass is 291 g/mol. The van der Waals surface area contributed by atoms with Gasteiger partial charge in [-0.15, -0.1) is 0 Å². The minimum Gasteiger partial charge on any atom is -0.389 e. The highest BCUT2D eigenvalue weighted by molar-refractivity contribution is 7.84. The summed E-state index contributed by atoms with van der Waals surface area (Å²) in [4.78, 5) is 0. The largest absolute Gasteiger partial charge is 0.389 e. The minimum absolute atomic E-state index is 0.332. The van der Waals surface area contributed by atoms with Crippen molar-refractivity contribution in [3.8, 4) is 0 Å². The summed E-state index contributed by atoms with van der Waals surface area (Å²) >= 11 is 0. The van der Waals surface area contributed by atoms with Crippen LogP contribution in [0.5, 0.6) is 0 Å². The van der Waals surface area contributed by atoms with Gasteiger partial charge in [0, 0.05) is 35.4 Å². The summed E-state index contributed by atoms with van der Waals surface area (Å²) in [5.74, 6) is 2.18. The Labute approximate surface area is 119 Å². The number of rotatable bonds is 9. The first-order valence-electron chi connectivity index (χ1n) is 7.47. The molecule has 114 valence electrons. The maximum Gasteiger partial charge on any atom is 0.0897 e. The zero-order valence-electron chi connectivity index (χ0n) is 12.3. The van der Waals surface area contributed by atoms with Gasteiger partial charge in [-0.2, -0.15) is 0 Å². The Kier molecular flexibility index (Phi) is 8.86. The van der Waals surface area contributed by atoms with Gasteiger partial charge in [0.2, 0.25) is 0 Å². The van der Waals surface area contributed by atoms with E-state index in [9.17, 15) is 9.32 Å². The van der Waals surface area contributed by atoms with E-state index in [2.05, 4.69) is 12.2 Å². The van der Waals surface area contributed by atoms with Crippen molar-refractivity contribution in [1.82, 2.24) is 5.32 Å². The Morgan fingerprint density at radius 3 is 2.68 bits per heavy atom. The van der Waals surface area contributed by atoms with Crippen molar-refractivity contribution in [2.75, 3.05) is 31.2 Å². The fourth-order valence-electron chi connectivity index (χ4n) is 2.30. The standard InChI is InChI=1S/C14H29NO3S/c1-3-19(17)9-8-15-10-13(16)11-18-14-6-4-12(2)5-7-14/h12-16H,3-11H2,1-2H3. The van der Waals surface area contributed by atoms with Crippen molar-refractivity contribution in [3.05, 3.63) is 0 Å². The molecule has 1 rings (SSSR count). The Morgan fingerprint density at radius 1 is 1.37 bits per heavy atom. The molecule has 0 aromatic heterocycles. The quantitative estimate of drug-likeness (QED) is 0.629. The second kappa shape index (κ2) is 9.86. The van der Waals surface area contributed by atoms with Gasteiger partial charge in [-0.25, -0.2) is 0 Å². The van der Waals surface area contributed by atoms with Gasteiger partial charge in [0.15, 0.2) is 0 Å². The van der Waals surface area contributed by atoms with Crippen molar-refractivity contribution in [3.63, 3.8) is 0 Å². The molecule has 0 spiro atoms. The Morgan fingerprint density at radius 2 is 2.05 bits per heavy atom. The molecule has 0 amide bonds. The molecule has 0 heterocycles. The number of hydrogen-bond acceptors (Lipinski definition) is 4. The summed E-state index contributed by atoms with van der Waals surface area (Å²) in [5.41, 5.74) is 0. The molecule has 2 unspecified atom stereocenters. The van der Waals surface area contributed by atoms with Gasteiger partial charge in [-0.3, -0.25) is 4.21 Å². The van der Waals surface area contributed by atoms with Crippen molar-refractivity contribution in [1.29, 1.82) is 0 Å². The van der Waals surface area contributed by atoms with Gasteiger partial charge in [0.25, 0.3) is 0 Å². The Balaban J connectivity index is 1.98. The number of hydrogen-bond donors (Lipinski definition) is 2. The number of nitrogens with one attached hydrogen (secondary N) is 1. The SMILES string of the molecule is CCS(=O)CCNCC(O)COC1CCC(C)CC1. The van der Waals surface area contributed by atoms with Crippen LogP contribution in [0, 0.1) is 5.92 Å². The molecule has 1 fully saturated rings. The minimum atomic E-state index is -0.728. The van der Waals surface area contributed by atoms with Crippen LogP contribution in [-0.4, -0.2) is 52.7 Å². The van der Waals surface area contributed by atoms with Gasteiger partial charge >= 0.3 is 0 Å². The van der Waals surface area contributed by atoms with Crippen LogP contribution in [0.25, 0.3) is 0 Å².